The summed E-state index contributed by atoms with van der Waals surface area (Å²) in [4.78, 5) is 20.5. The van der Waals surface area contributed by atoms with Crippen LogP contribution in [-0.4, -0.2) is 23.0 Å². The van der Waals surface area contributed by atoms with Gasteiger partial charge in [0.05, 0.1) is 18.1 Å². The molecule has 1 amide bonds. The van der Waals surface area contributed by atoms with Crippen molar-refractivity contribution in [2.24, 2.45) is 0 Å². The van der Waals surface area contributed by atoms with Gasteiger partial charge in [-0.3, -0.25) is 14.8 Å². The van der Waals surface area contributed by atoms with Gasteiger partial charge in [0.15, 0.2) is 0 Å². The van der Waals surface area contributed by atoms with Crippen molar-refractivity contribution in [3.63, 3.8) is 0 Å². The highest BCUT2D eigenvalue weighted by Gasteiger charge is 2.04. The van der Waals surface area contributed by atoms with Crippen LogP contribution in [0, 0.1) is 0 Å². The molecule has 0 aliphatic carbocycles. The van der Waals surface area contributed by atoms with E-state index in [1.54, 1.807) is 19.5 Å². The van der Waals surface area contributed by atoms with Crippen LogP contribution < -0.4 is 10.1 Å². The Kier molecular flexibility index (Phi) is 5.01. The summed E-state index contributed by atoms with van der Waals surface area (Å²) in [6, 6.07) is 13.6. The predicted molar refractivity (Wildman–Crippen MR) is 92.7 cm³/mol. The van der Waals surface area contributed by atoms with Gasteiger partial charge in [-0.05, 0) is 41.8 Å². The molecule has 1 aromatic heterocycles. The first-order valence-electron chi connectivity index (χ1n) is 7.84. The smallest absolute Gasteiger partial charge is 0.220 e. The molecule has 0 bridgehead atoms. The average Bonchev–Trinajstić information content (AvgIpc) is 2.65. The van der Waals surface area contributed by atoms with Crippen molar-refractivity contribution in [2.45, 2.75) is 19.4 Å². The number of ether oxygens (including phenoxy) is 1. The SMILES string of the molecule is COc1ccc(CCC(=O)NCc2ccc3nccnc3c2)cc1. The van der Waals surface area contributed by atoms with E-state index in [4.69, 9.17) is 4.74 Å². The maximum Gasteiger partial charge on any atom is 0.220 e. The Hall–Kier alpha value is -2.95. The molecule has 5 nitrogen and oxygen atoms in total. The Morgan fingerprint density at radius 3 is 2.46 bits per heavy atom. The molecule has 0 saturated heterocycles. The van der Waals surface area contributed by atoms with Gasteiger partial charge in [-0.15, -0.1) is 0 Å². The first-order chi connectivity index (χ1) is 11.7. The summed E-state index contributed by atoms with van der Waals surface area (Å²) in [6.45, 7) is 0.494. The second-order valence-electron chi connectivity index (χ2n) is 5.50. The number of carbonyl (C=O) groups is 1. The lowest BCUT2D eigenvalue weighted by atomic mass is 10.1. The second kappa shape index (κ2) is 7.55. The fraction of sp³-hybridized carbons (Fsp3) is 0.211. The van der Waals surface area contributed by atoms with Crippen LogP contribution in [0.4, 0.5) is 0 Å². The van der Waals surface area contributed by atoms with E-state index in [0.29, 0.717) is 19.4 Å². The Bertz CT molecular complexity index is 831. The molecule has 2 aromatic carbocycles. The Morgan fingerprint density at radius 2 is 1.71 bits per heavy atom. The normalized spacial score (nSPS) is 10.5. The lowest BCUT2D eigenvalue weighted by molar-refractivity contribution is -0.121. The van der Waals surface area contributed by atoms with E-state index in [1.165, 1.54) is 0 Å². The maximum atomic E-state index is 12.0. The molecule has 0 aliphatic rings. The number of benzene rings is 2. The van der Waals surface area contributed by atoms with Crippen molar-refractivity contribution in [3.05, 3.63) is 66.0 Å². The highest BCUT2D eigenvalue weighted by atomic mass is 16.5. The fourth-order valence-corrected chi connectivity index (χ4v) is 2.46. The molecule has 0 radical (unpaired) electrons. The zero-order valence-corrected chi connectivity index (χ0v) is 13.5. The van der Waals surface area contributed by atoms with Gasteiger partial charge in [-0.25, -0.2) is 0 Å². The van der Waals surface area contributed by atoms with Gasteiger partial charge in [-0.2, -0.15) is 0 Å². The van der Waals surface area contributed by atoms with Crippen LogP contribution in [0.15, 0.2) is 54.9 Å². The van der Waals surface area contributed by atoms with Crippen molar-refractivity contribution >= 4 is 16.9 Å². The maximum absolute atomic E-state index is 12.0. The first-order valence-corrected chi connectivity index (χ1v) is 7.84. The predicted octanol–water partition coefficient (Wildman–Crippen LogP) is 2.89. The zero-order valence-electron chi connectivity index (χ0n) is 13.5. The lowest BCUT2D eigenvalue weighted by Crippen LogP contribution is -2.23. The van der Waals surface area contributed by atoms with E-state index in [9.17, 15) is 4.79 Å². The number of nitrogens with zero attached hydrogens (tertiary/aromatic N) is 2. The number of amides is 1. The van der Waals surface area contributed by atoms with Crippen LogP contribution in [-0.2, 0) is 17.8 Å². The van der Waals surface area contributed by atoms with E-state index in [2.05, 4.69) is 15.3 Å². The van der Waals surface area contributed by atoms with Gasteiger partial charge in [0.25, 0.3) is 0 Å². The summed E-state index contributed by atoms with van der Waals surface area (Å²) in [7, 11) is 1.64. The Labute approximate surface area is 140 Å². The topological polar surface area (TPSA) is 64.1 Å². The Morgan fingerprint density at radius 1 is 1.00 bits per heavy atom. The van der Waals surface area contributed by atoms with Crippen LogP contribution >= 0.6 is 0 Å². The third-order valence-corrected chi connectivity index (χ3v) is 3.82. The summed E-state index contributed by atoms with van der Waals surface area (Å²) < 4.78 is 5.12. The number of rotatable bonds is 6. The largest absolute Gasteiger partial charge is 0.497 e. The monoisotopic (exact) mass is 321 g/mol. The molecule has 0 spiro atoms. The molecule has 0 unspecified atom stereocenters. The van der Waals surface area contributed by atoms with Gasteiger partial charge in [-0.1, -0.05) is 18.2 Å². The number of methoxy groups -OCH3 is 1. The van der Waals surface area contributed by atoms with Crippen LogP contribution in [0.25, 0.3) is 11.0 Å². The number of fused-ring (bicyclic) bond motifs is 1. The van der Waals surface area contributed by atoms with Crippen molar-refractivity contribution in [1.82, 2.24) is 15.3 Å². The van der Waals surface area contributed by atoms with Crippen molar-refractivity contribution in [2.75, 3.05) is 7.11 Å². The van der Waals surface area contributed by atoms with Crippen LogP contribution in [0.2, 0.25) is 0 Å². The molecule has 24 heavy (non-hydrogen) atoms. The molecule has 3 rings (SSSR count). The van der Waals surface area contributed by atoms with Crippen molar-refractivity contribution in [3.8, 4) is 5.75 Å². The van der Waals surface area contributed by atoms with E-state index in [-0.39, 0.29) is 5.91 Å². The van der Waals surface area contributed by atoms with Gasteiger partial charge in [0.1, 0.15) is 5.75 Å². The van der Waals surface area contributed by atoms with Gasteiger partial charge < -0.3 is 10.1 Å². The number of aromatic nitrogens is 2. The summed E-state index contributed by atoms with van der Waals surface area (Å²) in [5.74, 6) is 0.854. The molecule has 3 aromatic rings. The van der Waals surface area contributed by atoms with Gasteiger partial charge in [0, 0.05) is 25.4 Å². The molecule has 0 fully saturated rings. The zero-order chi connectivity index (χ0) is 16.8. The van der Waals surface area contributed by atoms with E-state index >= 15 is 0 Å². The minimum absolute atomic E-state index is 0.0325. The molecular formula is C19H19N3O2. The number of aryl methyl sites for hydroxylation is 1. The molecule has 5 heteroatoms. The van der Waals surface area contributed by atoms with Crippen LogP contribution in [0.5, 0.6) is 5.75 Å². The van der Waals surface area contributed by atoms with Crippen molar-refractivity contribution < 1.29 is 9.53 Å². The minimum Gasteiger partial charge on any atom is -0.497 e. The highest BCUT2D eigenvalue weighted by molar-refractivity contribution is 5.77. The standard InChI is InChI=1S/C19H19N3O2/c1-24-16-6-2-14(3-7-16)5-9-19(23)22-13-15-4-8-17-18(12-15)21-11-10-20-17/h2-4,6-8,10-12H,5,9,13H2,1H3,(H,22,23). The molecule has 0 saturated carbocycles. The van der Waals surface area contributed by atoms with Gasteiger partial charge >= 0.3 is 0 Å². The molecule has 0 aliphatic heterocycles. The third-order valence-electron chi connectivity index (χ3n) is 3.82. The molecule has 0 atom stereocenters. The number of nitrogens with one attached hydrogen (secondary N) is 1. The van der Waals surface area contributed by atoms with E-state index < -0.39 is 0 Å². The molecular weight excluding hydrogens is 302 g/mol. The summed E-state index contributed by atoms with van der Waals surface area (Å²) >= 11 is 0. The minimum atomic E-state index is 0.0325. The molecule has 1 heterocycles. The lowest BCUT2D eigenvalue weighted by Gasteiger charge is -2.07. The second-order valence-corrected chi connectivity index (χ2v) is 5.50. The van der Waals surface area contributed by atoms with Crippen LogP contribution in [0.1, 0.15) is 17.5 Å². The molecule has 122 valence electrons. The number of hydrogen-bond acceptors (Lipinski definition) is 4. The summed E-state index contributed by atoms with van der Waals surface area (Å²) in [5, 5.41) is 2.94. The summed E-state index contributed by atoms with van der Waals surface area (Å²) in [6.07, 6.45) is 4.50. The third kappa shape index (κ3) is 4.07. The summed E-state index contributed by atoms with van der Waals surface area (Å²) in [5.41, 5.74) is 3.82. The highest BCUT2D eigenvalue weighted by Crippen LogP contribution is 2.13. The van der Waals surface area contributed by atoms with Crippen LogP contribution in [0.3, 0.4) is 0 Å². The molecule has 1 N–H and O–H groups in total. The first kappa shape index (κ1) is 15.9. The Balaban J connectivity index is 1.50. The van der Waals surface area contributed by atoms with Gasteiger partial charge in [0.2, 0.25) is 5.91 Å². The number of hydrogen-bond donors (Lipinski definition) is 1. The van der Waals surface area contributed by atoms with E-state index in [1.807, 2.05) is 42.5 Å². The quantitative estimate of drug-likeness (QED) is 0.758. The average molecular weight is 321 g/mol. The van der Waals surface area contributed by atoms with E-state index in [0.717, 1.165) is 27.9 Å². The van der Waals surface area contributed by atoms with Crippen molar-refractivity contribution in [1.29, 1.82) is 0 Å². The number of carbonyl (C=O) groups excluding carboxylic acids is 1. The fourth-order valence-electron chi connectivity index (χ4n) is 2.46.